The maximum atomic E-state index is 11.9. The molecule has 0 aromatic heterocycles. The molecule has 2 rings (SSSR count). The molecule has 1 aromatic rings. The highest BCUT2D eigenvalue weighted by atomic mass is 16.5. The number of unbranched alkanes of at least 4 members (excludes halogenated alkanes) is 2. The lowest BCUT2D eigenvalue weighted by atomic mass is 9.94. The first-order valence-corrected chi connectivity index (χ1v) is 6.25. The van der Waals surface area contributed by atoms with Crippen LogP contribution in [-0.4, -0.2) is 13.0 Å². The molecule has 1 N–H and O–H groups in total. The van der Waals surface area contributed by atoms with Crippen LogP contribution in [-0.2, 0) is 4.79 Å². The van der Waals surface area contributed by atoms with Crippen molar-refractivity contribution < 1.29 is 9.53 Å². The van der Waals surface area contributed by atoms with Crippen LogP contribution in [0.3, 0.4) is 0 Å². The zero-order valence-corrected chi connectivity index (χ0v) is 10.5. The Bertz CT molecular complexity index is 415. The van der Waals surface area contributed by atoms with Crippen LogP contribution in [0.25, 0.3) is 0 Å². The van der Waals surface area contributed by atoms with Crippen molar-refractivity contribution in [2.45, 2.75) is 38.5 Å². The van der Waals surface area contributed by atoms with Gasteiger partial charge in [0.15, 0.2) is 0 Å². The summed E-state index contributed by atoms with van der Waals surface area (Å²) in [5, 5.41) is 2.93. The molecule has 1 aliphatic rings. The fourth-order valence-electron chi connectivity index (χ4n) is 2.32. The molecule has 17 heavy (non-hydrogen) atoms. The van der Waals surface area contributed by atoms with Crippen molar-refractivity contribution in [2.75, 3.05) is 12.4 Å². The second kappa shape index (κ2) is 5.21. The number of fused-ring (bicyclic) bond motifs is 1. The molecule has 0 spiro atoms. The predicted molar refractivity (Wildman–Crippen MR) is 68.5 cm³/mol. The number of hydrogen-bond donors (Lipinski definition) is 1. The lowest BCUT2D eigenvalue weighted by Gasteiger charge is -2.09. The molecule has 1 aliphatic heterocycles. The summed E-state index contributed by atoms with van der Waals surface area (Å²) in [4.78, 5) is 11.9. The Kier molecular flexibility index (Phi) is 3.67. The van der Waals surface area contributed by atoms with Gasteiger partial charge < -0.3 is 10.1 Å². The van der Waals surface area contributed by atoms with Crippen LogP contribution in [0.4, 0.5) is 5.69 Å². The largest absolute Gasteiger partial charge is 0.497 e. The number of nitrogens with one attached hydrogen (secondary N) is 1. The van der Waals surface area contributed by atoms with Gasteiger partial charge in [-0.2, -0.15) is 0 Å². The maximum absolute atomic E-state index is 11.9. The van der Waals surface area contributed by atoms with E-state index < -0.39 is 0 Å². The third kappa shape index (κ3) is 2.43. The minimum Gasteiger partial charge on any atom is -0.497 e. The molecule has 0 bridgehead atoms. The Labute approximate surface area is 102 Å². The molecule has 1 heterocycles. The third-order valence-corrected chi connectivity index (χ3v) is 3.30. The monoisotopic (exact) mass is 233 g/mol. The SMILES string of the molecule is CCCCCC1C(=O)Nc2ccc(OC)cc21. The fraction of sp³-hybridized carbons (Fsp3) is 0.500. The van der Waals surface area contributed by atoms with Gasteiger partial charge in [-0.1, -0.05) is 26.2 Å². The van der Waals surface area contributed by atoms with Crippen LogP contribution in [0.2, 0.25) is 0 Å². The number of ether oxygens (including phenoxy) is 1. The molecule has 0 aliphatic carbocycles. The Morgan fingerprint density at radius 3 is 2.88 bits per heavy atom. The van der Waals surface area contributed by atoms with E-state index in [4.69, 9.17) is 4.74 Å². The van der Waals surface area contributed by atoms with Gasteiger partial charge in [0.05, 0.1) is 13.0 Å². The Morgan fingerprint density at radius 1 is 1.35 bits per heavy atom. The van der Waals surface area contributed by atoms with E-state index >= 15 is 0 Å². The van der Waals surface area contributed by atoms with E-state index in [1.165, 1.54) is 12.8 Å². The number of carbonyl (C=O) groups is 1. The van der Waals surface area contributed by atoms with Gasteiger partial charge in [0, 0.05) is 5.69 Å². The smallest absolute Gasteiger partial charge is 0.232 e. The molecule has 1 amide bonds. The van der Waals surface area contributed by atoms with Crippen LogP contribution in [0.1, 0.15) is 44.1 Å². The molecule has 1 aromatic carbocycles. The first-order chi connectivity index (χ1) is 8.26. The minimum absolute atomic E-state index is 0.00616. The number of anilines is 1. The summed E-state index contributed by atoms with van der Waals surface area (Å²) in [6, 6.07) is 5.78. The van der Waals surface area contributed by atoms with Crippen LogP contribution in [0.15, 0.2) is 18.2 Å². The van der Waals surface area contributed by atoms with Gasteiger partial charge >= 0.3 is 0 Å². The van der Waals surface area contributed by atoms with E-state index in [-0.39, 0.29) is 11.8 Å². The molecule has 1 atom stereocenters. The van der Waals surface area contributed by atoms with Gasteiger partial charge in [-0.3, -0.25) is 4.79 Å². The normalized spacial score (nSPS) is 17.8. The van der Waals surface area contributed by atoms with Crippen molar-refractivity contribution in [2.24, 2.45) is 0 Å². The standard InChI is InChI=1S/C14H19NO2/c1-3-4-5-6-11-12-9-10(17-2)7-8-13(12)15-14(11)16/h7-9,11H,3-6H2,1-2H3,(H,15,16). The van der Waals surface area contributed by atoms with Crippen molar-refractivity contribution in [3.05, 3.63) is 23.8 Å². The van der Waals surface area contributed by atoms with E-state index in [9.17, 15) is 4.79 Å². The number of carbonyl (C=O) groups excluding carboxylic acids is 1. The summed E-state index contributed by atoms with van der Waals surface area (Å²) in [5.41, 5.74) is 2.03. The molecular weight excluding hydrogens is 214 g/mol. The molecule has 0 saturated heterocycles. The van der Waals surface area contributed by atoms with Crippen LogP contribution in [0, 0.1) is 0 Å². The lowest BCUT2D eigenvalue weighted by Crippen LogP contribution is -2.11. The second-order valence-corrected chi connectivity index (χ2v) is 4.49. The van der Waals surface area contributed by atoms with Crippen molar-refractivity contribution >= 4 is 11.6 Å². The third-order valence-electron chi connectivity index (χ3n) is 3.30. The molecule has 3 nitrogen and oxygen atoms in total. The second-order valence-electron chi connectivity index (χ2n) is 4.49. The van der Waals surface area contributed by atoms with Gasteiger partial charge in [-0.05, 0) is 30.2 Å². The molecule has 0 saturated carbocycles. The first-order valence-electron chi connectivity index (χ1n) is 6.25. The quantitative estimate of drug-likeness (QED) is 0.792. The predicted octanol–water partition coefficient (Wildman–Crippen LogP) is 3.31. The lowest BCUT2D eigenvalue weighted by molar-refractivity contribution is -0.117. The van der Waals surface area contributed by atoms with Crippen LogP contribution >= 0.6 is 0 Å². The van der Waals surface area contributed by atoms with Crippen molar-refractivity contribution in [1.29, 1.82) is 0 Å². The Balaban J connectivity index is 2.16. The van der Waals surface area contributed by atoms with Crippen molar-refractivity contribution in [3.63, 3.8) is 0 Å². The number of amides is 1. The maximum Gasteiger partial charge on any atom is 0.232 e. The number of rotatable bonds is 5. The van der Waals surface area contributed by atoms with Gasteiger partial charge in [-0.15, -0.1) is 0 Å². The summed E-state index contributed by atoms with van der Waals surface area (Å²) in [6.45, 7) is 2.17. The van der Waals surface area contributed by atoms with E-state index in [1.807, 2.05) is 18.2 Å². The van der Waals surface area contributed by atoms with Crippen molar-refractivity contribution in [3.8, 4) is 5.75 Å². The molecule has 92 valence electrons. The van der Waals surface area contributed by atoms with E-state index in [1.54, 1.807) is 7.11 Å². The highest BCUT2D eigenvalue weighted by Crippen LogP contribution is 2.37. The highest BCUT2D eigenvalue weighted by Gasteiger charge is 2.30. The van der Waals surface area contributed by atoms with Gasteiger partial charge in [-0.25, -0.2) is 0 Å². The topological polar surface area (TPSA) is 38.3 Å². The van der Waals surface area contributed by atoms with Gasteiger partial charge in [0.1, 0.15) is 5.75 Å². The highest BCUT2D eigenvalue weighted by molar-refractivity contribution is 6.03. The average Bonchev–Trinajstić information content (AvgIpc) is 2.65. The van der Waals surface area contributed by atoms with Crippen LogP contribution in [0.5, 0.6) is 5.75 Å². The summed E-state index contributed by atoms with van der Waals surface area (Å²) >= 11 is 0. The summed E-state index contributed by atoms with van der Waals surface area (Å²) in [6.07, 6.45) is 4.40. The zero-order valence-electron chi connectivity index (χ0n) is 10.5. The Hall–Kier alpha value is -1.51. The van der Waals surface area contributed by atoms with Crippen LogP contribution < -0.4 is 10.1 Å². The van der Waals surface area contributed by atoms with E-state index in [2.05, 4.69) is 12.2 Å². The van der Waals surface area contributed by atoms with E-state index in [0.717, 1.165) is 29.8 Å². The molecular formula is C14H19NO2. The molecule has 0 radical (unpaired) electrons. The number of methoxy groups -OCH3 is 1. The average molecular weight is 233 g/mol. The first kappa shape index (κ1) is 12.0. The number of hydrogen-bond acceptors (Lipinski definition) is 2. The molecule has 1 unspecified atom stereocenters. The fourth-order valence-corrected chi connectivity index (χ4v) is 2.32. The van der Waals surface area contributed by atoms with Crippen molar-refractivity contribution in [1.82, 2.24) is 0 Å². The van der Waals surface area contributed by atoms with Gasteiger partial charge in [0.2, 0.25) is 5.91 Å². The Morgan fingerprint density at radius 2 is 2.18 bits per heavy atom. The minimum atomic E-state index is 0.00616. The number of benzene rings is 1. The summed E-state index contributed by atoms with van der Waals surface area (Å²) < 4.78 is 5.21. The van der Waals surface area contributed by atoms with E-state index in [0.29, 0.717) is 0 Å². The molecule has 0 fully saturated rings. The summed E-state index contributed by atoms with van der Waals surface area (Å²) in [5.74, 6) is 0.955. The zero-order chi connectivity index (χ0) is 12.3. The molecule has 3 heteroatoms. The van der Waals surface area contributed by atoms with Gasteiger partial charge in [0.25, 0.3) is 0 Å². The summed E-state index contributed by atoms with van der Waals surface area (Å²) in [7, 11) is 1.65.